The second-order valence-electron chi connectivity index (χ2n) is 7.52. The molecular formula is C21H25N7O3. The lowest BCUT2D eigenvalue weighted by molar-refractivity contribution is 0.102. The van der Waals surface area contributed by atoms with Gasteiger partial charge in [0.15, 0.2) is 5.82 Å². The van der Waals surface area contributed by atoms with Gasteiger partial charge >= 0.3 is 6.01 Å². The molecule has 0 spiro atoms. The van der Waals surface area contributed by atoms with Crippen molar-refractivity contribution >= 4 is 28.3 Å². The topological polar surface area (TPSA) is 114 Å². The number of rotatable bonds is 5. The molecule has 0 saturated carbocycles. The Bertz CT molecular complexity index is 1080. The molecule has 2 aromatic heterocycles. The molecule has 2 atom stereocenters. The third kappa shape index (κ3) is 4.33. The minimum atomic E-state index is -0.348. The van der Waals surface area contributed by atoms with E-state index in [1.54, 1.807) is 12.3 Å². The number of nitrogens with zero attached hydrogens (tertiary/aromatic N) is 5. The first-order valence-electron chi connectivity index (χ1n) is 10.0. The zero-order chi connectivity index (χ0) is 22.0. The molecule has 0 aliphatic carbocycles. The van der Waals surface area contributed by atoms with E-state index >= 15 is 0 Å². The molecule has 10 heteroatoms. The van der Waals surface area contributed by atoms with Crippen LogP contribution in [-0.2, 0) is 0 Å². The van der Waals surface area contributed by atoms with Crippen LogP contribution in [0.1, 0.15) is 24.2 Å². The van der Waals surface area contributed by atoms with Gasteiger partial charge in [0.1, 0.15) is 0 Å². The lowest BCUT2D eigenvalue weighted by Gasteiger charge is -2.38. The van der Waals surface area contributed by atoms with E-state index < -0.39 is 0 Å². The molecule has 1 aliphatic heterocycles. The second kappa shape index (κ2) is 8.68. The normalized spacial score (nSPS) is 18.6. The van der Waals surface area contributed by atoms with E-state index in [1.807, 2.05) is 6.07 Å². The largest absolute Gasteiger partial charge is 0.480 e. The zero-order valence-electron chi connectivity index (χ0n) is 17.9. The van der Waals surface area contributed by atoms with Gasteiger partial charge in [0.05, 0.1) is 37.7 Å². The van der Waals surface area contributed by atoms with Crippen molar-refractivity contribution in [2.75, 3.05) is 37.5 Å². The fourth-order valence-corrected chi connectivity index (χ4v) is 3.84. The Labute approximate surface area is 180 Å². The van der Waals surface area contributed by atoms with E-state index in [4.69, 9.17) is 9.47 Å². The van der Waals surface area contributed by atoms with Crippen molar-refractivity contribution in [3.8, 4) is 11.9 Å². The summed E-state index contributed by atoms with van der Waals surface area (Å²) >= 11 is 0. The molecule has 3 aromatic rings. The maximum Gasteiger partial charge on any atom is 0.316 e. The maximum atomic E-state index is 13.0. The average Bonchev–Trinajstić information content (AvgIpc) is 2.77. The van der Waals surface area contributed by atoms with E-state index in [9.17, 15) is 4.79 Å². The highest BCUT2D eigenvalue weighted by Crippen LogP contribution is 2.30. The number of hydrogen-bond acceptors (Lipinski definition) is 9. The number of hydrogen-bond donors (Lipinski definition) is 2. The number of amides is 1. The molecule has 0 unspecified atom stereocenters. The van der Waals surface area contributed by atoms with Gasteiger partial charge in [-0.3, -0.25) is 4.79 Å². The summed E-state index contributed by atoms with van der Waals surface area (Å²) in [5, 5.41) is 7.08. The van der Waals surface area contributed by atoms with Gasteiger partial charge in [-0.05, 0) is 26.0 Å². The number of benzene rings is 1. The first-order chi connectivity index (χ1) is 15.0. The summed E-state index contributed by atoms with van der Waals surface area (Å²) in [6.07, 6.45) is 4.58. The number of fused-ring (bicyclic) bond motifs is 1. The summed E-state index contributed by atoms with van der Waals surface area (Å²) in [6, 6.07) is 4.60. The summed E-state index contributed by atoms with van der Waals surface area (Å²) in [5.41, 5.74) is 1.90. The molecule has 1 amide bonds. The Hall–Kier alpha value is -3.53. The highest BCUT2D eigenvalue weighted by atomic mass is 16.5. The maximum absolute atomic E-state index is 13.0. The number of methoxy groups -OCH3 is 2. The molecule has 1 aromatic carbocycles. The molecule has 2 N–H and O–H groups in total. The molecule has 3 heterocycles. The van der Waals surface area contributed by atoms with Crippen LogP contribution in [0.4, 0.5) is 11.5 Å². The summed E-state index contributed by atoms with van der Waals surface area (Å²) in [5.74, 6) is 0.331. The van der Waals surface area contributed by atoms with Gasteiger partial charge < -0.3 is 25.0 Å². The molecular weight excluding hydrogens is 398 g/mol. The predicted molar refractivity (Wildman–Crippen MR) is 117 cm³/mol. The van der Waals surface area contributed by atoms with E-state index in [-0.39, 0.29) is 11.9 Å². The van der Waals surface area contributed by atoms with Crippen LogP contribution < -0.4 is 25.0 Å². The van der Waals surface area contributed by atoms with Gasteiger partial charge in [-0.15, -0.1) is 0 Å². The minimum Gasteiger partial charge on any atom is -0.480 e. The predicted octanol–water partition coefficient (Wildman–Crippen LogP) is 1.88. The fourth-order valence-electron chi connectivity index (χ4n) is 3.84. The Morgan fingerprint density at radius 1 is 1.06 bits per heavy atom. The van der Waals surface area contributed by atoms with E-state index in [0.717, 1.165) is 24.2 Å². The third-order valence-corrected chi connectivity index (χ3v) is 5.11. The van der Waals surface area contributed by atoms with Crippen molar-refractivity contribution in [3.05, 3.63) is 36.3 Å². The summed E-state index contributed by atoms with van der Waals surface area (Å²) in [7, 11) is 3.00. The quantitative estimate of drug-likeness (QED) is 0.635. The Morgan fingerprint density at radius 3 is 2.48 bits per heavy atom. The van der Waals surface area contributed by atoms with Crippen molar-refractivity contribution in [2.24, 2.45) is 0 Å². The minimum absolute atomic E-state index is 0.199. The molecule has 4 rings (SSSR count). The summed E-state index contributed by atoms with van der Waals surface area (Å²) in [6.45, 7) is 6.00. The molecule has 1 saturated heterocycles. The van der Waals surface area contributed by atoms with E-state index in [1.165, 1.54) is 26.6 Å². The van der Waals surface area contributed by atoms with Crippen molar-refractivity contribution < 1.29 is 14.3 Å². The number of ether oxygens (including phenoxy) is 2. The highest BCUT2D eigenvalue weighted by Gasteiger charge is 2.24. The summed E-state index contributed by atoms with van der Waals surface area (Å²) < 4.78 is 10.2. The molecule has 0 bridgehead atoms. The van der Waals surface area contributed by atoms with Gasteiger partial charge in [0, 0.05) is 42.4 Å². The highest BCUT2D eigenvalue weighted by molar-refractivity contribution is 6.13. The van der Waals surface area contributed by atoms with Crippen LogP contribution in [0.5, 0.6) is 11.9 Å². The van der Waals surface area contributed by atoms with E-state index in [2.05, 4.69) is 49.3 Å². The number of piperazine rings is 1. The van der Waals surface area contributed by atoms with Crippen LogP contribution in [0.15, 0.2) is 30.7 Å². The van der Waals surface area contributed by atoms with Crippen molar-refractivity contribution in [1.29, 1.82) is 0 Å². The van der Waals surface area contributed by atoms with Gasteiger partial charge in [-0.25, -0.2) is 15.0 Å². The van der Waals surface area contributed by atoms with Gasteiger partial charge in [-0.2, -0.15) is 4.98 Å². The first kappa shape index (κ1) is 20.7. The molecule has 31 heavy (non-hydrogen) atoms. The smallest absolute Gasteiger partial charge is 0.316 e. The van der Waals surface area contributed by atoms with E-state index in [0.29, 0.717) is 34.9 Å². The zero-order valence-corrected chi connectivity index (χ0v) is 17.9. The fraction of sp³-hybridized carbons (Fsp3) is 0.381. The van der Waals surface area contributed by atoms with Gasteiger partial charge in [0.25, 0.3) is 5.91 Å². The number of nitrogens with one attached hydrogen (secondary N) is 2. The molecule has 0 radical (unpaired) electrons. The van der Waals surface area contributed by atoms with Crippen LogP contribution in [-0.4, -0.2) is 65.2 Å². The van der Waals surface area contributed by atoms with Crippen LogP contribution in [0.2, 0.25) is 0 Å². The van der Waals surface area contributed by atoms with Gasteiger partial charge in [-0.1, -0.05) is 0 Å². The number of anilines is 2. The third-order valence-electron chi connectivity index (χ3n) is 5.11. The van der Waals surface area contributed by atoms with Crippen molar-refractivity contribution in [3.63, 3.8) is 0 Å². The molecule has 10 nitrogen and oxygen atoms in total. The Kier molecular flexibility index (Phi) is 5.81. The van der Waals surface area contributed by atoms with Crippen LogP contribution in [0.25, 0.3) is 10.9 Å². The molecule has 162 valence electrons. The Morgan fingerprint density at radius 2 is 1.84 bits per heavy atom. The van der Waals surface area contributed by atoms with Crippen molar-refractivity contribution in [1.82, 2.24) is 25.3 Å². The molecule has 1 aliphatic rings. The van der Waals surface area contributed by atoms with Crippen LogP contribution in [0.3, 0.4) is 0 Å². The number of carbonyl (C=O) groups excluding carboxylic acids is 1. The van der Waals surface area contributed by atoms with Crippen molar-refractivity contribution in [2.45, 2.75) is 25.9 Å². The lowest BCUT2D eigenvalue weighted by atomic mass is 10.0. The first-order valence-corrected chi connectivity index (χ1v) is 10.0. The monoisotopic (exact) mass is 423 g/mol. The Balaban J connectivity index is 1.72. The van der Waals surface area contributed by atoms with Gasteiger partial charge in [0.2, 0.25) is 5.88 Å². The second-order valence-corrected chi connectivity index (χ2v) is 7.52. The SMILES string of the molecule is COc1cnc(NC(=O)c2ccc(N3C[C@H](C)N[C@@H](C)C3)c3cnc(OC)nc23)cn1. The lowest BCUT2D eigenvalue weighted by Crippen LogP contribution is -2.54. The number of carbonyl (C=O) groups is 1. The van der Waals surface area contributed by atoms with Crippen LogP contribution in [0, 0.1) is 0 Å². The summed E-state index contributed by atoms with van der Waals surface area (Å²) in [4.78, 5) is 32.3. The molecule has 1 fully saturated rings. The number of aromatic nitrogens is 4. The standard InChI is InChI=1S/C21H25N7O3/c1-12-10-28(11-13(2)25-12)16-6-5-14(19-15(16)7-24-21(27-19)31-4)20(29)26-17-8-23-18(30-3)9-22-17/h5-9,12-13,25H,10-11H2,1-4H3,(H,22,26,29)/t12-,13-/m0/s1. The van der Waals surface area contributed by atoms with Crippen LogP contribution >= 0.6 is 0 Å². The average molecular weight is 423 g/mol.